The van der Waals surface area contributed by atoms with Crippen molar-refractivity contribution in [3.63, 3.8) is 0 Å². The maximum absolute atomic E-state index is 12.3. The van der Waals surface area contributed by atoms with Crippen LogP contribution >= 0.6 is 12.4 Å². The lowest BCUT2D eigenvalue weighted by Crippen LogP contribution is -2.33. The van der Waals surface area contributed by atoms with Crippen molar-refractivity contribution in [2.75, 3.05) is 6.61 Å². The molecule has 1 aliphatic carbocycles. The summed E-state index contributed by atoms with van der Waals surface area (Å²) >= 11 is 0. The Labute approximate surface area is 155 Å². The van der Waals surface area contributed by atoms with Gasteiger partial charge in [0.05, 0.1) is 6.61 Å². The van der Waals surface area contributed by atoms with Crippen LogP contribution in [0.4, 0.5) is 0 Å². The number of carbonyl (C=O) groups is 1. The Hall–Kier alpha value is -2.04. The molecule has 0 saturated heterocycles. The number of aryl methyl sites for hydroxylation is 1. The van der Waals surface area contributed by atoms with Crippen LogP contribution in [0.2, 0.25) is 0 Å². The molecular weight excluding hydrogens is 336 g/mol. The van der Waals surface area contributed by atoms with E-state index in [1.807, 2.05) is 55.5 Å². The van der Waals surface area contributed by atoms with Gasteiger partial charge >= 0.3 is 0 Å². The number of amides is 1. The van der Waals surface area contributed by atoms with Gasteiger partial charge in [-0.2, -0.15) is 0 Å². The molecule has 1 unspecified atom stereocenters. The fraction of sp³-hybridized carbons (Fsp3) is 0.350. The minimum absolute atomic E-state index is 0. The Bertz CT molecular complexity index is 699. The Balaban J connectivity index is 0.00000225. The summed E-state index contributed by atoms with van der Waals surface area (Å²) in [5.41, 5.74) is 8.99. The molecule has 3 N–H and O–H groups in total. The van der Waals surface area contributed by atoms with Gasteiger partial charge < -0.3 is 15.8 Å². The maximum atomic E-state index is 12.3. The highest BCUT2D eigenvalue weighted by atomic mass is 35.5. The summed E-state index contributed by atoms with van der Waals surface area (Å²) in [4.78, 5) is 12.3. The summed E-state index contributed by atoms with van der Waals surface area (Å²) in [6.45, 7) is 3.18. The van der Waals surface area contributed by atoms with E-state index in [0.29, 0.717) is 12.5 Å². The van der Waals surface area contributed by atoms with E-state index in [4.69, 9.17) is 10.5 Å². The topological polar surface area (TPSA) is 64.4 Å². The Morgan fingerprint density at radius 3 is 2.56 bits per heavy atom. The van der Waals surface area contributed by atoms with Crippen molar-refractivity contribution in [1.29, 1.82) is 0 Å². The SMILES string of the molecule is Cc1ccc(C(N)C(=O)NCc2ccccc2OCC2CC2)cc1.Cl. The largest absolute Gasteiger partial charge is 0.493 e. The zero-order valence-corrected chi connectivity index (χ0v) is 15.2. The molecule has 1 atom stereocenters. The molecule has 2 aromatic rings. The van der Waals surface area contributed by atoms with E-state index in [2.05, 4.69) is 5.32 Å². The third kappa shape index (κ3) is 5.48. The number of nitrogens with one attached hydrogen (secondary N) is 1. The van der Waals surface area contributed by atoms with Gasteiger partial charge in [0.15, 0.2) is 0 Å². The second-order valence-corrected chi connectivity index (χ2v) is 6.47. The fourth-order valence-corrected chi connectivity index (χ4v) is 2.50. The van der Waals surface area contributed by atoms with Gasteiger partial charge in [0.25, 0.3) is 0 Å². The number of hydrogen-bond acceptors (Lipinski definition) is 3. The van der Waals surface area contributed by atoms with Gasteiger partial charge in [-0.05, 0) is 37.3 Å². The Morgan fingerprint density at radius 2 is 1.88 bits per heavy atom. The van der Waals surface area contributed by atoms with Crippen molar-refractivity contribution in [3.05, 3.63) is 65.2 Å². The summed E-state index contributed by atoms with van der Waals surface area (Å²) in [5, 5.41) is 2.91. The number of halogens is 1. The third-order valence-corrected chi connectivity index (χ3v) is 4.32. The van der Waals surface area contributed by atoms with Gasteiger partial charge in [0.2, 0.25) is 5.91 Å². The van der Waals surface area contributed by atoms with Crippen molar-refractivity contribution in [1.82, 2.24) is 5.32 Å². The lowest BCUT2D eigenvalue weighted by Gasteiger charge is -2.15. The monoisotopic (exact) mass is 360 g/mol. The molecule has 134 valence electrons. The highest BCUT2D eigenvalue weighted by Gasteiger charge is 2.22. The molecule has 0 bridgehead atoms. The molecule has 5 heteroatoms. The summed E-state index contributed by atoms with van der Waals surface area (Å²) < 4.78 is 5.87. The van der Waals surface area contributed by atoms with Gasteiger partial charge in [-0.1, -0.05) is 48.0 Å². The number of hydrogen-bond donors (Lipinski definition) is 2. The molecule has 1 saturated carbocycles. The molecule has 4 nitrogen and oxygen atoms in total. The number of ether oxygens (including phenoxy) is 1. The fourth-order valence-electron chi connectivity index (χ4n) is 2.50. The number of benzene rings is 2. The van der Waals surface area contributed by atoms with Crippen LogP contribution in [0.15, 0.2) is 48.5 Å². The minimum Gasteiger partial charge on any atom is -0.493 e. The molecule has 0 spiro atoms. The average Bonchev–Trinajstić information content (AvgIpc) is 3.43. The third-order valence-electron chi connectivity index (χ3n) is 4.32. The molecule has 0 heterocycles. The maximum Gasteiger partial charge on any atom is 0.241 e. The predicted octanol–water partition coefficient (Wildman–Crippen LogP) is 3.52. The number of rotatable bonds is 7. The summed E-state index contributed by atoms with van der Waals surface area (Å²) in [7, 11) is 0. The van der Waals surface area contributed by atoms with E-state index >= 15 is 0 Å². The van der Waals surface area contributed by atoms with Crippen LogP contribution in [-0.4, -0.2) is 12.5 Å². The average molecular weight is 361 g/mol. The summed E-state index contributed by atoms with van der Waals surface area (Å²) in [5.74, 6) is 1.35. The zero-order chi connectivity index (χ0) is 16.9. The molecule has 0 radical (unpaired) electrons. The first kappa shape index (κ1) is 19.3. The predicted molar refractivity (Wildman–Crippen MR) is 102 cm³/mol. The van der Waals surface area contributed by atoms with Crippen LogP contribution in [0.5, 0.6) is 5.75 Å². The second kappa shape index (κ2) is 8.88. The molecule has 2 aromatic carbocycles. The molecule has 1 amide bonds. The van der Waals surface area contributed by atoms with Crippen LogP contribution < -0.4 is 15.8 Å². The van der Waals surface area contributed by atoms with Gasteiger partial charge in [-0.3, -0.25) is 4.79 Å². The lowest BCUT2D eigenvalue weighted by atomic mass is 10.1. The highest BCUT2D eigenvalue weighted by Crippen LogP contribution is 2.30. The molecule has 25 heavy (non-hydrogen) atoms. The van der Waals surface area contributed by atoms with Crippen molar-refractivity contribution in [3.8, 4) is 5.75 Å². The normalized spacial score (nSPS) is 14.3. The molecule has 0 aliphatic heterocycles. The smallest absolute Gasteiger partial charge is 0.241 e. The van der Waals surface area contributed by atoms with Crippen LogP contribution in [0, 0.1) is 12.8 Å². The van der Waals surface area contributed by atoms with E-state index in [-0.39, 0.29) is 18.3 Å². The van der Waals surface area contributed by atoms with Crippen molar-refractivity contribution < 1.29 is 9.53 Å². The summed E-state index contributed by atoms with van der Waals surface area (Å²) in [6.07, 6.45) is 2.51. The minimum atomic E-state index is -0.662. The standard InChI is InChI=1S/C20H24N2O2.ClH/c1-14-6-10-16(11-7-14)19(21)20(23)22-12-17-4-2-3-5-18(17)24-13-15-8-9-15;/h2-7,10-11,15,19H,8-9,12-13,21H2,1H3,(H,22,23);1H. The number of para-hydroxylation sites is 1. The number of nitrogens with two attached hydrogens (primary N) is 1. The second-order valence-electron chi connectivity index (χ2n) is 6.47. The molecule has 1 aliphatic rings. The Kier molecular flexibility index (Phi) is 6.85. The van der Waals surface area contributed by atoms with Crippen LogP contribution in [0.25, 0.3) is 0 Å². The van der Waals surface area contributed by atoms with Gasteiger partial charge in [-0.25, -0.2) is 0 Å². The first-order chi connectivity index (χ1) is 11.6. The van der Waals surface area contributed by atoms with Crippen molar-refractivity contribution in [2.45, 2.75) is 32.4 Å². The van der Waals surface area contributed by atoms with Crippen LogP contribution in [0.3, 0.4) is 0 Å². The number of carbonyl (C=O) groups excluding carboxylic acids is 1. The molecule has 0 aromatic heterocycles. The van der Waals surface area contributed by atoms with Gasteiger partial charge in [0, 0.05) is 12.1 Å². The van der Waals surface area contributed by atoms with Gasteiger partial charge in [-0.15, -0.1) is 12.4 Å². The lowest BCUT2D eigenvalue weighted by molar-refractivity contribution is -0.122. The van der Waals surface area contributed by atoms with E-state index in [1.54, 1.807) is 0 Å². The van der Waals surface area contributed by atoms with E-state index in [1.165, 1.54) is 12.8 Å². The first-order valence-electron chi connectivity index (χ1n) is 8.44. The zero-order valence-electron chi connectivity index (χ0n) is 14.4. The van der Waals surface area contributed by atoms with Crippen LogP contribution in [0.1, 0.15) is 35.6 Å². The Morgan fingerprint density at radius 1 is 1.20 bits per heavy atom. The molecule has 1 fully saturated rings. The first-order valence-corrected chi connectivity index (χ1v) is 8.44. The molecular formula is C20H25ClN2O2. The van der Waals surface area contributed by atoms with E-state index < -0.39 is 6.04 Å². The molecule has 3 rings (SSSR count). The van der Waals surface area contributed by atoms with Crippen molar-refractivity contribution in [2.24, 2.45) is 11.7 Å². The van der Waals surface area contributed by atoms with E-state index in [9.17, 15) is 4.79 Å². The highest BCUT2D eigenvalue weighted by molar-refractivity contribution is 5.85. The van der Waals surface area contributed by atoms with Gasteiger partial charge in [0.1, 0.15) is 11.8 Å². The van der Waals surface area contributed by atoms with Crippen LogP contribution in [-0.2, 0) is 11.3 Å². The summed E-state index contributed by atoms with van der Waals surface area (Å²) in [6, 6.07) is 14.9. The van der Waals surface area contributed by atoms with E-state index in [0.717, 1.165) is 29.0 Å². The van der Waals surface area contributed by atoms with Crippen molar-refractivity contribution >= 4 is 18.3 Å². The quantitative estimate of drug-likeness (QED) is 0.794.